The van der Waals surface area contributed by atoms with Gasteiger partial charge in [-0.1, -0.05) is 6.07 Å². The summed E-state index contributed by atoms with van der Waals surface area (Å²) in [5.74, 6) is -0.945. The number of benzene rings is 1. The molecule has 1 heterocycles. The van der Waals surface area contributed by atoms with Gasteiger partial charge in [-0.25, -0.2) is 4.79 Å². The van der Waals surface area contributed by atoms with Gasteiger partial charge in [0.15, 0.2) is 0 Å². The van der Waals surface area contributed by atoms with Crippen molar-refractivity contribution in [1.82, 2.24) is 10.3 Å². The highest BCUT2D eigenvalue weighted by molar-refractivity contribution is 6.10. The molecule has 0 spiro atoms. The number of carboxylic acids is 1. The van der Waals surface area contributed by atoms with Crippen LogP contribution in [0.15, 0.2) is 18.2 Å². The Morgan fingerprint density at radius 2 is 1.71 bits per heavy atom. The molecule has 0 aliphatic heterocycles. The maximum Gasteiger partial charge on any atom is 0.354 e. The first-order chi connectivity index (χ1) is 9.84. The van der Waals surface area contributed by atoms with Crippen molar-refractivity contribution in [2.24, 2.45) is 0 Å². The summed E-state index contributed by atoms with van der Waals surface area (Å²) in [4.78, 5) is 18.1. The minimum Gasteiger partial charge on any atom is -0.477 e. The van der Waals surface area contributed by atoms with Crippen molar-refractivity contribution < 1.29 is 9.90 Å². The molecule has 0 radical (unpaired) electrons. The number of nitrogens with zero attached hydrogens (tertiary/aromatic N) is 2. The van der Waals surface area contributed by atoms with E-state index in [0.717, 1.165) is 16.6 Å². The van der Waals surface area contributed by atoms with E-state index < -0.39 is 5.97 Å². The number of aromatic carboxylic acids is 1. The van der Waals surface area contributed by atoms with Gasteiger partial charge in [0.2, 0.25) is 0 Å². The summed E-state index contributed by atoms with van der Waals surface area (Å²) in [5, 5.41) is 13.0. The molecule has 2 rings (SSSR count). The van der Waals surface area contributed by atoms with E-state index in [-0.39, 0.29) is 5.69 Å². The molecule has 1 aromatic carbocycles. The molecule has 0 unspecified atom stereocenters. The van der Waals surface area contributed by atoms with Gasteiger partial charge in [0.25, 0.3) is 0 Å². The molecule has 1 aromatic heterocycles. The number of anilines is 2. The number of nitrogens with one attached hydrogen (secondary N) is 2. The third kappa shape index (κ3) is 3.46. The number of fused-ring (bicyclic) bond motifs is 1. The SMILES string of the molecule is CN(C)c1cccc2[nH]c(C(=O)O)c(N(C)C)c12.CNC. The van der Waals surface area contributed by atoms with Crippen molar-refractivity contribution in [1.29, 1.82) is 0 Å². The number of H-pyrrole nitrogens is 1. The first kappa shape index (κ1) is 16.8. The lowest BCUT2D eigenvalue weighted by molar-refractivity contribution is 0.0692. The Hall–Kier alpha value is -2.21. The molecular formula is C15H24N4O2. The monoisotopic (exact) mass is 292 g/mol. The molecular weight excluding hydrogens is 268 g/mol. The molecule has 0 fully saturated rings. The van der Waals surface area contributed by atoms with Crippen LogP contribution in [0.4, 0.5) is 11.4 Å². The maximum absolute atomic E-state index is 11.3. The summed E-state index contributed by atoms with van der Waals surface area (Å²) < 4.78 is 0. The van der Waals surface area contributed by atoms with E-state index in [4.69, 9.17) is 0 Å². The van der Waals surface area contributed by atoms with Gasteiger partial charge in [0, 0.05) is 39.3 Å². The Morgan fingerprint density at radius 3 is 2.14 bits per heavy atom. The van der Waals surface area contributed by atoms with Crippen LogP contribution in [0, 0.1) is 0 Å². The zero-order valence-electron chi connectivity index (χ0n) is 13.5. The molecule has 0 aliphatic rings. The molecule has 0 bridgehead atoms. The summed E-state index contributed by atoms with van der Waals surface area (Å²) in [6, 6.07) is 5.79. The van der Waals surface area contributed by atoms with Crippen LogP contribution in [-0.2, 0) is 0 Å². The summed E-state index contributed by atoms with van der Waals surface area (Å²) in [5.41, 5.74) is 2.77. The van der Waals surface area contributed by atoms with Gasteiger partial charge in [0.1, 0.15) is 5.69 Å². The van der Waals surface area contributed by atoms with Gasteiger partial charge < -0.3 is 25.2 Å². The second-order valence-electron chi connectivity index (χ2n) is 5.14. The Bertz CT molecular complexity index is 617. The van der Waals surface area contributed by atoms with Crippen LogP contribution < -0.4 is 15.1 Å². The standard InChI is InChI=1S/C13H17N3O2.C2H7N/c1-15(2)9-7-5-6-8-10(9)12(16(3)4)11(14-8)13(17)18;1-3-2/h5-7,14H,1-4H3,(H,17,18);3H,1-2H3. The van der Waals surface area contributed by atoms with Gasteiger partial charge in [-0.3, -0.25) is 0 Å². The molecule has 0 saturated heterocycles. The Labute approximate surface area is 125 Å². The van der Waals surface area contributed by atoms with E-state index in [9.17, 15) is 9.90 Å². The van der Waals surface area contributed by atoms with Crippen LogP contribution >= 0.6 is 0 Å². The number of rotatable bonds is 3. The number of hydrogen-bond donors (Lipinski definition) is 3. The summed E-state index contributed by atoms with van der Waals surface area (Å²) >= 11 is 0. The first-order valence-corrected chi connectivity index (χ1v) is 6.66. The Balaban J connectivity index is 0.000000677. The van der Waals surface area contributed by atoms with Gasteiger partial charge in [-0.15, -0.1) is 0 Å². The van der Waals surface area contributed by atoms with Gasteiger partial charge >= 0.3 is 5.97 Å². The van der Waals surface area contributed by atoms with Crippen LogP contribution in [0.25, 0.3) is 10.9 Å². The Kier molecular flexibility index (Phi) is 5.60. The molecule has 116 valence electrons. The van der Waals surface area contributed by atoms with Crippen molar-refractivity contribution in [3.05, 3.63) is 23.9 Å². The fourth-order valence-electron chi connectivity index (χ4n) is 2.19. The van der Waals surface area contributed by atoms with E-state index in [1.165, 1.54) is 0 Å². The van der Waals surface area contributed by atoms with Gasteiger partial charge in [-0.2, -0.15) is 0 Å². The highest BCUT2D eigenvalue weighted by Gasteiger charge is 2.21. The highest BCUT2D eigenvalue weighted by atomic mass is 16.4. The van der Waals surface area contributed by atoms with Crippen LogP contribution in [0.5, 0.6) is 0 Å². The average Bonchev–Trinajstić information content (AvgIpc) is 2.78. The third-order valence-corrected chi connectivity index (χ3v) is 2.92. The number of carbonyl (C=O) groups is 1. The van der Waals surface area contributed by atoms with E-state index in [2.05, 4.69) is 10.3 Å². The zero-order chi connectivity index (χ0) is 16.2. The van der Waals surface area contributed by atoms with Crippen molar-refractivity contribution in [2.45, 2.75) is 0 Å². The van der Waals surface area contributed by atoms with Gasteiger partial charge in [-0.05, 0) is 26.2 Å². The van der Waals surface area contributed by atoms with E-state index >= 15 is 0 Å². The molecule has 0 atom stereocenters. The molecule has 0 amide bonds. The van der Waals surface area contributed by atoms with Crippen molar-refractivity contribution in [3.63, 3.8) is 0 Å². The van der Waals surface area contributed by atoms with Gasteiger partial charge in [0.05, 0.1) is 11.2 Å². The minimum atomic E-state index is -0.945. The molecule has 6 nitrogen and oxygen atoms in total. The topological polar surface area (TPSA) is 71.6 Å². The fourth-order valence-corrected chi connectivity index (χ4v) is 2.19. The number of aromatic nitrogens is 1. The minimum absolute atomic E-state index is 0.226. The van der Waals surface area contributed by atoms with E-state index in [0.29, 0.717) is 5.69 Å². The number of carboxylic acid groups (broad SMARTS) is 1. The predicted molar refractivity (Wildman–Crippen MR) is 88.9 cm³/mol. The van der Waals surface area contributed by atoms with Crippen LogP contribution in [-0.4, -0.2) is 58.3 Å². The number of hydrogen-bond acceptors (Lipinski definition) is 4. The van der Waals surface area contributed by atoms with Crippen LogP contribution in [0.2, 0.25) is 0 Å². The smallest absolute Gasteiger partial charge is 0.354 e. The van der Waals surface area contributed by atoms with E-state index in [1.54, 1.807) is 0 Å². The first-order valence-electron chi connectivity index (χ1n) is 6.66. The van der Waals surface area contributed by atoms with Crippen molar-refractivity contribution in [2.75, 3.05) is 52.1 Å². The molecule has 0 saturated carbocycles. The second kappa shape index (κ2) is 6.99. The lowest BCUT2D eigenvalue weighted by Crippen LogP contribution is -2.14. The predicted octanol–water partition coefficient (Wildman–Crippen LogP) is 1.83. The van der Waals surface area contributed by atoms with Crippen LogP contribution in [0.3, 0.4) is 0 Å². The van der Waals surface area contributed by atoms with Crippen LogP contribution in [0.1, 0.15) is 10.5 Å². The fraction of sp³-hybridized carbons (Fsp3) is 0.400. The normalized spacial score (nSPS) is 10.0. The number of aromatic amines is 1. The molecule has 0 aliphatic carbocycles. The molecule has 21 heavy (non-hydrogen) atoms. The summed E-state index contributed by atoms with van der Waals surface area (Å²) in [6.07, 6.45) is 0. The molecule has 6 heteroatoms. The summed E-state index contributed by atoms with van der Waals surface area (Å²) in [7, 11) is 11.3. The maximum atomic E-state index is 11.3. The second-order valence-corrected chi connectivity index (χ2v) is 5.14. The average molecular weight is 292 g/mol. The largest absolute Gasteiger partial charge is 0.477 e. The highest BCUT2D eigenvalue weighted by Crippen LogP contribution is 2.36. The molecule has 2 aromatic rings. The van der Waals surface area contributed by atoms with Crippen molar-refractivity contribution >= 4 is 28.2 Å². The quantitative estimate of drug-likeness (QED) is 0.805. The zero-order valence-corrected chi connectivity index (χ0v) is 13.5. The lowest BCUT2D eigenvalue weighted by Gasteiger charge is -2.18. The molecule has 3 N–H and O–H groups in total. The van der Waals surface area contributed by atoms with Crippen molar-refractivity contribution in [3.8, 4) is 0 Å². The van der Waals surface area contributed by atoms with E-state index in [1.807, 2.05) is 70.3 Å². The lowest BCUT2D eigenvalue weighted by atomic mass is 10.1. The third-order valence-electron chi connectivity index (χ3n) is 2.92. The summed E-state index contributed by atoms with van der Waals surface area (Å²) in [6.45, 7) is 0. The Morgan fingerprint density at radius 1 is 1.14 bits per heavy atom.